The molecule has 0 aliphatic heterocycles. The summed E-state index contributed by atoms with van der Waals surface area (Å²) in [5.74, 6) is -0.589. The van der Waals surface area contributed by atoms with Crippen LogP contribution >= 0.6 is 0 Å². The minimum absolute atomic E-state index is 0.316. The fourth-order valence-corrected chi connectivity index (χ4v) is 0.867. The number of hydrogen-bond acceptors (Lipinski definition) is 5. The predicted molar refractivity (Wildman–Crippen MR) is 41.4 cm³/mol. The normalized spacial score (nSPS) is 17.5. The lowest BCUT2D eigenvalue weighted by molar-refractivity contribution is -0.151. The summed E-state index contributed by atoms with van der Waals surface area (Å²) in [4.78, 5) is 0. The third-order valence-corrected chi connectivity index (χ3v) is 1.93. The van der Waals surface area contributed by atoms with Crippen LogP contribution in [0.2, 0.25) is 0 Å². The minimum Gasteiger partial charge on any atom is -0.396 e. The zero-order valence-corrected chi connectivity index (χ0v) is 7.01. The van der Waals surface area contributed by atoms with Crippen molar-refractivity contribution in [2.24, 2.45) is 5.92 Å². The van der Waals surface area contributed by atoms with Gasteiger partial charge in [-0.3, -0.25) is 0 Å². The summed E-state index contributed by atoms with van der Waals surface area (Å²) in [6, 6.07) is 0. The van der Waals surface area contributed by atoms with Gasteiger partial charge in [-0.2, -0.15) is 0 Å². The summed E-state index contributed by atoms with van der Waals surface area (Å²) >= 11 is 0. The van der Waals surface area contributed by atoms with E-state index >= 15 is 0 Å². The Bertz CT molecular complexity index is 123. The molecule has 0 amide bonds. The molecule has 2 unspecified atom stereocenters. The first-order valence-corrected chi connectivity index (χ1v) is 3.75. The van der Waals surface area contributed by atoms with Gasteiger partial charge >= 0.3 is 0 Å². The molecular weight excluding hydrogens is 164 g/mol. The Hall–Kier alpha value is -0.200. The first kappa shape index (κ1) is 11.8. The van der Waals surface area contributed by atoms with E-state index < -0.39 is 30.8 Å². The molecule has 5 N–H and O–H groups in total. The van der Waals surface area contributed by atoms with Crippen molar-refractivity contribution in [2.45, 2.75) is 18.6 Å². The van der Waals surface area contributed by atoms with E-state index in [1.807, 2.05) is 0 Å². The fraction of sp³-hybridized carbons (Fsp3) is 1.00. The van der Waals surface area contributed by atoms with Crippen LogP contribution in [0.15, 0.2) is 0 Å². The molecule has 0 rings (SSSR count). The maximum atomic E-state index is 9.34. The molecule has 0 aromatic rings. The summed E-state index contributed by atoms with van der Waals surface area (Å²) in [7, 11) is 0. The molecule has 0 aliphatic carbocycles. The molecule has 0 fully saturated rings. The van der Waals surface area contributed by atoms with Gasteiger partial charge in [-0.25, -0.2) is 0 Å². The van der Waals surface area contributed by atoms with Gasteiger partial charge in [0.25, 0.3) is 0 Å². The van der Waals surface area contributed by atoms with Crippen molar-refractivity contribution in [3.05, 3.63) is 0 Å². The van der Waals surface area contributed by atoms with Gasteiger partial charge < -0.3 is 25.5 Å². The summed E-state index contributed by atoms with van der Waals surface area (Å²) in [5.41, 5.74) is -1.93. The van der Waals surface area contributed by atoms with Crippen molar-refractivity contribution < 1.29 is 25.5 Å². The van der Waals surface area contributed by atoms with Crippen LogP contribution in [0.4, 0.5) is 0 Å². The van der Waals surface area contributed by atoms with Crippen LogP contribution < -0.4 is 0 Å². The van der Waals surface area contributed by atoms with Crippen molar-refractivity contribution >= 4 is 0 Å². The maximum absolute atomic E-state index is 9.34. The van der Waals surface area contributed by atoms with Crippen LogP contribution in [0.3, 0.4) is 0 Å². The highest BCUT2D eigenvalue weighted by Gasteiger charge is 2.37. The lowest BCUT2D eigenvalue weighted by Gasteiger charge is -2.32. The topological polar surface area (TPSA) is 101 Å². The second kappa shape index (κ2) is 4.74. The first-order valence-electron chi connectivity index (χ1n) is 3.75. The molecule has 2 atom stereocenters. The molecule has 12 heavy (non-hydrogen) atoms. The molecule has 0 saturated carbocycles. The average molecular weight is 180 g/mol. The SMILES string of the molecule is CC(CO)C(O)C(O)(CO)CO. The van der Waals surface area contributed by atoms with Gasteiger partial charge in [-0.15, -0.1) is 0 Å². The lowest BCUT2D eigenvalue weighted by Crippen LogP contribution is -2.52. The zero-order chi connectivity index (χ0) is 9.78. The van der Waals surface area contributed by atoms with Gasteiger partial charge in [0.05, 0.1) is 19.3 Å². The number of hydrogen-bond donors (Lipinski definition) is 5. The Morgan fingerprint density at radius 1 is 1.17 bits per heavy atom. The first-order chi connectivity index (χ1) is 5.51. The van der Waals surface area contributed by atoms with Crippen LogP contribution in [0.25, 0.3) is 0 Å². The second-order valence-corrected chi connectivity index (χ2v) is 3.02. The van der Waals surface area contributed by atoms with Gasteiger partial charge in [0.15, 0.2) is 0 Å². The molecule has 0 bridgehead atoms. The molecule has 74 valence electrons. The molecular formula is C7H16O5. The number of rotatable bonds is 5. The Labute approximate surface area is 70.9 Å². The van der Waals surface area contributed by atoms with Gasteiger partial charge in [0.1, 0.15) is 5.60 Å². The monoisotopic (exact) mass is 180 g/mol. The van der Waals surface area contributed by atoms with Crippen molar-refractivity contribution in [1.82, 2.24) is 0 Å². The van der Waals surface area contributed by atoms with Crippen LogP contribution in [0, 0.1) is 5.92 Å². The van der Waals surface area contributed by atoms with Gasteiger partial charge in [-0.1, -0.05) is 6.92 Å². The van der Waals surface area contributed by atoms with Crippen molar-refractivity contribution in [1.29, 1.82) is 0 Å². The molecule has 0 aromatic carbocycles. The fourth-order valence-electron chi connectivity index (χ4n) is 0.867. The summed E-state index contributed by atoms with van der Waals surface area (Å²) in [6.07, 6.45) is -1.34. The van der Waals surface area contributed by atoms with E-state index in [9.17, 15) is 10.2 Å². The second-order valence-electron chi connectivity index (χ2n) is 3.02. The average Bonchev–Trinajstić information content (AvgIpc) is 2.14. The quantitative estimate of drug-likeness (QED) is 0.327. The predicted octanol–water partition coefficient (Wildman–Crippen LogP) is -2.31. The molecule has 0 heterocycles. The minimum atomic E-state index is -1.93. The van der Waals surface area contributed by atoms with Crippen molar-refractivity contribution in [3.63, 3.8) is 0 Å². The highest BCUT2D eigenvalue weighted by Crippen LogP contribution is 2.16. The largest absolute Gasteiger partial charge is 0.396 e. The standard InChI is InChI=1S/C7H16O5/c1-5(2-8)6(11)7(12,3-9)4-10/h5-6,8-12H,2-4H2,1H3. The van der Waals surface area contributed by atoms with Crippen LogP contribution in [0.1, 0.15) is 6.92 Å². The van der Waals surface area contributed by atoms with Crippen molar-refractivity contribution in [3.8, 4) is 0 Å². The molecule has 0 radical (unpaired) electrons. The van der Waals surface area contributed by atoms with E-state index in [0.29, 0.717) is 0 Å². The number of aliphatic hydroxyl groups is 5. The van der Waals surface area contributed by atoms with Gasteiger partial charge in [0.2, 0.25) is 0 Å². The van der Waals surface area contributed by atoms with E-state index in [1.54, 1.807) is 0 Å². The van der Waals surface area contributed by atoms with E-state index in [2.05, 4.69) is 0 Å². The molecule has 5 nitrogen and oxygen atoms in total. The van der Waals surface area contributed by atoms with E-state index in [-0.39, 0.29) is 6.61 Å². The van der Waals surface area contributed by atoms with E-state index in [4.69, 9.17) is 15.3 Å². The molecule has 0 saturated heterocycles. The Kier molecular flexibility index (Phi) is 4.66. The Balaban J connectivity index is 4.29. The van der Waals surface area contributed by atoms with Crippen LogP contribution in [-0.2, 0) is 0 Å². The molecule has 5 heteroatoms. The third-order valence-electron chi connectivity index (χ3n) is 1.93. The Morgan fingerprint density at radius 2 is 1.58 bits per heavy atom. The summed E-state index contributed by atoms with van der Waals surface area (Å²) in [5, 5.41) is 44.6. The molecule has 0 aromatic heterocycles. The summed E-state index contributed by atoms with van der Waals surface area (Å²) < 4.78 is 0. The van der Waals surface area contributed by atoms with Crippen molar-refractivity contribution in [2.75, 3.05) is 19.8 Å². The van der Waals surface area contributed by atoms with Gasteiger partial charge in [0, 0.05) is 12.5 Å². The van der Waals surface area contributed by atoms with E-state index in [0.717, 1.165) is 0 Å². The summed E-state index contributed by atoms with van der Waals surface area (Å²) in [6.45, 7) is -0.297. The van der Waals surface area contributed by atoms with Crippen LogP contribution in [0.5, 0.6) is 0 Å². The van der Waals surface area contributed by atoms with E-state index in [1.165, 1.54) is 6.92 Å². The highest BCUT2D eigenvalue weighted by atomic mass is 16.4. The van der Waals surface area contributed by atoms with Crippen LogP contribution in [-0.4, -0.2) is 57.1 Å². The zero-order valence-electron chi connectivity index (χ0n) is 7.01. The molecule has 0 aliphatic rings. The number of aliphatic hydroxyl groups excluding tert-OH is 4. The van der Waals surface area contributed by atoms with Gasteiger partial charge in [-0.05, 0) is 0 Å². The Morgan fingerprint density at radius 3 is 1.83 bits per heavy atom. The lowest BCUT2D eigenvalue weighted by atomic mass is 9.89. The third kappa shape index (κ3) is 2.40. The maximum Gasteiger partial charge on any atom is 0.137 e. The molecule has 0 spiro atoms. The highest BCUT2D eigenvalue weighted by molar-refractivity contribution is 4.87. The smallest absolute Gasteiger partial charge is 0.137 e.